The minimum Gasteiger partial charge on any atom is -0.102 e. The van der Waals surface area contributed by atoms with E-state index in [-0.39, 0.29) is 27.4 Å². The molecule has 0 aromatic rings. The van der Waals surface area contributed by atoms with Crippen LogP contribution < -0.4 is 0 Å². The smallest absolute Gasteiger partial charge is 0.102 e. The van der Waals surface area contributed by atoms with Gasteiger partial charge in [0, 0.05) is 0 Å². The normalized spacial score (nSPS) is 28.5. The second-order valence-electron chi connectivity index (χ2n) is 7.62. The molecule has 0 saturated heterocycles. The Labute approximate surface area is 161 Å². The minimum atomic E-state index is -0.406. The van der Waals surface area contributed by atoms with E-state index >= 15 is 0 Å². The molecule has 0 aliphatic heterocycles. The van der Waals surface area contributed by atoms with E-state index in [2.05, 4.69) is 0 Å². The van der Waals surface area contributed by atoms with Gasteiger partial charge in [0.2, 0.25) is 0 Å². The van der Waals surface area contributed by atoms with Gasteiger partial charge >= 0.3 is 19.5 Å². The number of halogens is 2. The van der Waals surface area contributed by atoms with Crippen LogP contribution in [0.2, 0.25) is 0 Å². The van der Waals surface area contributed by atoms with Crippen LogP contribution in [0.1, 0.15) is 89.9 Å². The Hall–Kier alpha value is 1.63. The van der Waals surface area contributed by atoms with Gasteiger partial charge in [-0.15, -0.1) is 23.2 Å². The molecule has 3 aliphatic carbocycles. The van der Waals surface area contributed by atoms with E-state index in [0.29, 0.717) is 0 Å². The maximum Gasteiger partial charge on any atom is 2.00 e. The molecule has 128 valence electrons. The molecular formula is C18H31Cl2PRu+2. The fraction of sp³-hybridized carbons (Fsp3) is 1.00. The molecule has 0 amide bonds. The van der Waals surface area contributed by atoms with Crippen molar-refractivity contribution in [2.75, 3.05) is 0 Å². The molecule has 0 N–H and O–H groups in total. The van der Waals surface area contributed by atoms with E-state index in [4.69, 9.17) is 23.2 Å². The summed E-state index contributed by atoms with van der Waals surface area (Å²) < 4.78 is -0.406. The molecular weight excluding hydrogens is 419 g/mol. The molecule has 0 radical (unpaired) electrons. The Morgan fingerprint density at radius 3 is 1.36 bits per heavy atom. The molecule has 0 unspecified atom stereocenters. The largest absolute Gasteiger partial charge is 2.00 e. The zero-order valence-electron chi connectivity index (χ0n) is 13.7. The van der Waals surface area contributed by atoms with Crippen LogP contribution in [0.5, 0.6) is 0 Å². The van der Waals surface area contributed by atoms with E-state index in [0.717, 1.165) is 29.8 Å². The Bertz CT molecular complexity index is 297. The molecule has 0 atom stereocenters. The zero-order chi connectivity index (χ0) is 14.7. The first-order valence-corrected chi connectivity index (χ1v) is 11.6. The van der Waals surface area contributed by atoms with Gasteiger partial charge in [-0.05, 0) is 68.3 Å². The molecule has 3 aliphatic rings. The Morgan fingerprint density at radius 1 is 0.591 bits per heavy atom. The summed E-state index contributed by atoms with van der Waals surface area (Å²) in [6.07, 6.45) is 19.8. The third-order valence-electron chi connectivity index (χ3n) is 6.10. The summed E-state index contributed by atoms with van der Waals surface area (Å²) in [7, 11) is 0.226. The Kier molecular flexibility index (Phi) is 8.49. The quantitative estimate of drug-likeness (QED) is 0.241. The molecule has 3 fully saturated rings. The van der Waals surface area contributed by atoms with E-state index in [9.17, 15) is 0 Å². The summed E-state index contributed by atoms with van der Waals surface area (Å²) in [4.78, 5) is 0. The molecule has 0 spiro atoms. The fourth-order valence-corrected chi connectivity index (χ4v) is 9.98. The molecule has 0 aromatic heterocycles. The third kappa shape index (κ3) is 5.31. The summed E-state index contributed by atoms with van der Waals surface area (Å²) >= 11 is 12.8. The van der Waals surface area contributed by atoms with Gasteiger partial charge in [-0.3, -0.25) is 0 Å². The zero-order valence-corrected chi connectivity index (χ0v) is 17.8. The van der Waals surface area contributed by atoms with Crippen molar-refractivity contribution in [1.29, 1.82) is 0 Å². The number of alkyl halides is 2. The van der Waals surface area contributed by atoms with Crippen LogP contribution in [0.4, 0.5) is 0 Å². The van der Waals surface area contributed by atoms with Gasteiger partial charge in [0.1, 0.15) is 4.33 Å². The topological polar surface area (TPSA) is 0 Å². The molecule has 22 heavy (non-hydrogen) atoms. The van der Waals surface area contributed by atoms with E-state index in [1.165, 1.54) is 77.0 Å². The molecule has 3 saturated carbocycles. The summed E-state index contributed by atoms with van der Waals surface area (Å²) in [5, 5.41) is 0. The van der Waals surface area contributed by atoms with Crippen molar-refractivity contribution in [3.63, 3.8) is 0 Å². The second kappa shape index (κ2) is 9.36. The van der Waals surface area contributed by atoms with Gasteiger partial charge in [0.05, 0.1) is 0 Å². The fourth-order valence-electron chi connectivity index (χ4n) is 4.98. The molecule has 0 nitrogen and oxygen atoms in total. The van der Waals surface area contributed by atoms with E-state index < -0.39 is 4.33 Å². The van der Waals surface area contributed by atoms with Gasteiger partial charge in [0.15, 0.2) is 0 Å². The summed E-state index contributed by atoms with van der Waals surface area (Å²) in [6.45, 7) is 0. The first-order valence-electron chi connectivity index (χ1n) is 9.31. The third-order valence-corrected chi connectivity index (χ3v) is 10.9. The van der Waals surface area contributed by atoms with E-state index in [1.807, 2.05) is 0 Å². The van der Waals surface area contributed by atoms with Crippen molar-refractivity contribution in [2.45, 2.75) is 111 Å². The van der Waals surface area contributed by atoms with Crippen LogP contribution in [0.3, 0.4) is 0 Å². The van der Waals surface area contributed by atoms with Crippen LogP contribution in [0.15, 0.2) is 0 Å². The minimum absolute atomic E-state index is 0. The van der Waals surface area contributed by atoms with Crippen LogP contribution in [0.25, 0.3) is 0 Å². The number of rotatable bonds is 3. The second-order valence-corrected chi connectivity index (χ2v) is 12.3. The molecule has 4 heteroatoms. The maximum absolute atomic E-state index is 6.39. The first-order chi connectivity index (χ1) is 10.2. The van der Waals surface area contributed by atoms with Crippen LogP contribution in [0, 0.1) is 0 Å². The average molecular weight is 450 g/mol. The summed E-state index contributed by atoms with van der Waals surface area (Å²) in [5.74, 6) is 0. The van der Waals surface area contributed by atoms with Crippen LogP contribution in [-0.2, 0) is 19.5 Å². The maximum atomic E-state index is 6.39. The predicted molar refractivity (Wildman–Crippen MR) is 97.4 cm³/mol. The molecule has 0 heterocycles. The number of hydrogen-bond donors (Lipinski definition) is 0. The van der Waals surface area contributed by atoms with Crippen molar-refractivity contribution in [1.82, 2.24) is 0 Å². The van der Waals surface area contributed by atoms with Gasteiger partial charge in [-0.1, -0.05) is 46.4 Å². The monoisotopic (exact) mass is 450 g/mol. The van der Waals surface area contributed by atoms with Crippen molar-refractivity contribution in [3.05, 3.63) is 0 Å². The summed E-state index contributed by atoms with van der Waals surface area (Å²) in [6, 6.07) is 0. The van der Waals surface area contributed by atoms with Crippen molar-refractivity contribution >= 4 is 31.1 Å². The molecule has 0 aromatic carbocycles. The van der Waals surface area contributed by atoms with Crippen LogP contribution >= 0.6 is 31.1 Å². The number of hydrogen-bond acceptors (Lipinski definition) is 0. The predicted octanol–water partition coefficient (Wildman–Crippen LogP) is 7.25. The van der Waals surface area contributed by atoms with Gasteiger partial charge < -0.3 is 0 Å². The van der Waals surface area contributed by atoms with Crippen molar-refractivity contribution < 1.29 is 19.5 Å². The average Bonchev–Trinajstić information content (AvgIpc) is 2.51. The Balaban J connectivity index is 0.00000176. The van der Waals surface area contributed by atoms with E-state index in [1.54, 1.807) is 0 Å². The first kappa shape index (κ1) is 20.0. The SMILES string of the molecule is ClC1(Cl)CCC(P(C2CCCCC2)C2CCCCC2)CC1.[Ru+2]. The van der Waals surface area contributed by atoms with Gasteiger partial charge in [-0.2, -0.15) is 0 Å². The molecule has 0 bridgehead atoms. The van der Waals surface area contributed by atoms with Crippen molar-refractivity contribution in [3.8, 4) is 0 Å². The molecule has 3 rings (SSSR count). The Morgan fingerprint density at radius 2 is 0.955 bits per heavy atom. The van der Waals surface area contributed by atoms with Gasteiger partial charge in [0.25, 0.3) is 0 Å². The standard InChI is InChI=1S/C18H31Cl2P.Ru/c19-18(20)13-11-17(12-14-18)21(15-7-3-1-4-8-15)16-9-5-2-6-10-16;/h15-17H,1-14H2;/q;+2. The van der Waals surface area contributed by atoms with Crippen molar-refractivity contribution in [2.24, 2.45) is 0 Å². The van der Waals surface area contributed by atoms with Crippen LogP contribution in [-0.4, -0.2) is 21.3 Å². The summed E-state index contributed by atoms with van der Waals surface area (Å²) in [5.41, 5.74) is 3.15. The van der Waals surface area contributed by atoms with Gasteiger partial charge in [-0.25, -0.2) is 0 Å².